The molecule has 0 amide bonds. The van der Waals surface area contributed by atoms with Gasteiger partial charge in [0, 0.05) is 24.5 Å². The summed E-state index contributed by atoms with van der Waals surface area (Å²) in [6.07, 6.45) is 2.50. The highest BCUT2D eigenvalue weighted by Crippen LogP contribution is 2.28. The molecule has 0 radical (unpaired) electrons. The Balaban J connectivity index is 2.69. The van der Waals surface area contributed by atoms with Gasteiger partial charge in [-0.15, -0.1) is 0 Å². The Morgan fingerprint density at radius 2 is 2.12 bits per heavy atom. The molecule has 1 aromatic carbocycles. The van der Waals surface area contributed by atoms with Crippen molar-refractivity contribution in [2.45, 2.75) is 33.1 Å². The quantitative estimate of drug-likeness (QED) is 0.787. The Labute approximate surface area is 102 Å². The maximum absolute atomic E-state index is 8.74. The topological polar surface area (TPSA) is 28.7 Å². The monoisotopic (exact) mass is 226 g/mol. The molecule has 0 atom stereocenters. The van der Waals surface area contributed by atoms with E-state index in [-0.39, 0.29) is 0 Å². The number of benzene rings is 1. The van der Waals surface area contributed by atoms with Crippen molar-refractivity contribution in [2.24, 2.45) is 7.05 Å². The van der Waals surface area contributed by atoms with E-state index in [1.54, 1.807) is 0 Å². The van der Waals surface area contributed by atoms with Gasteiger partial charge in [-0.25, -0.2) is 0 Å². The zero-order chi connectivity index (χ0) is 12.4. The molecule has 0 fully saturated rings. The maximum atomic E-state index is 8.74. The van der Waals surface area contributed by atoms with E-state index in [1.165, 1.54) is 27.7 Å². The molecule has 1 aromatic heterocycles. The normalized spacial score (nSPS) is 10.7. The number of aryl methyl sites for hydroxylation is 3. The highest BCUT2D eigenvalue weighted by molar-refractivity contribution is 5.88. The number of nitriles is 1. The summed E-state index contributed by atoms with van der Waals surface area (Å²) in [5.41, 5.74) is 5.34. The highest BCUT2D eigenvalue weighted by Gasteiger charge is 2.13. The lowest BCUT2D eigenvalue weighted by atomic mass is 10.0. The van der Waals surface area contributed by atoms with Crippen LogP contribution < -0.4 is 0 Å². The molecule has 1 heterocycles. The van der Waals surface area contributed by atoms with Crippen LogP contribution in [0.5, 0.6) is 0 Å². The van der Waals surface area contributed by atoms with E-state index >= 15 is 0 Å². The summed E-state index contributed by atoms with van der Waals surface area (Å²) in [4.78, 5) is 0. The highest BCUT2D eigenvalue weighted by atomic mass is 14.9. The van der Waals surface area contributed by atoms with E-state index in [0.717, 1.165) is 12.8 Å². The Bertz CT molecular complexity index is 585. The third-order valence-electron chi connectivity index (χ3n) is 3.59. The predicted molar refractivity (Wildman–Crippen MR) is 71.0 cm³/mol. The van der Waals surface area contributed by atoms with Gasteiger partial charge in [0.25, 0.3) is 0 Å². The standard InChI is InChI=1S/C15H18N2/c1-4-12-7-5-8-14-13(9-6-10-16)11(2)17(3)15(12)14/h5,7-8H,4,6,9H2,1-3H3. The summed E-state index contributed by atoms with van der Waals surface area (Å²) in [6.45, 7) is 4.33. The smallest absolute Gasteiger partial charge is 0.0625 e. The molecular formula is C15H18N2. The van der Waals surface area contributed by atoms with Crippen LogP contribution in [-0.2, 0) is 19.9 Å². The first-order valence-electron chi connectivity index (χ1n) is 6.13. The van der Waals surface area contributed by atoms with E-state index in [4.69, 9.17) is 5.26 Å². The van der Waals surface area contributed by atoms with Gasteiger partial charge in [-0.2, -0.15) is 5.26 Å². The summed E-state index contributed by atoms with van der Waals surface area (Å²) < 4.78 is 2.26. The second-order valence-corrected chi connectivity index (χ2v) is 4.45. The molecule has 2 heteroatoms. The average molecular weight is 226 g/mol. The van der Waals surface area contributed by atoms with Crippen LogP contribution in [0.1, 0.15) is 30.2 Å². The van der Waals surface area contributed by atoms with Crippen molar-refractivity contribution in [3.8, 4) is 6.07 Å². The molecular weight excluding hydrogens is 208 g/mol. The third kappa shape index (κ3) is 1.82. The molecule has 88 valence electrons. The number of hydrogen-bond donors (Lipinski definition) is 0. The van der Waals surface area contributed by atoms with Crippen molar-refractivity contribution >= 4 is 10.9 Å². The van der Waals surface area contributed by atoms with Crippen LogP contribution in [0.3, 0.4) is 0 Å². The van der Waals surface area contributed by atoms with E-state index < -0.39 is 0 Å². The lowest BCUT2D eigenvalue weighted by Gasteiger charge is -2.03. The van der Waals surface area contributed by atoms with Crippen LogP contribution >= 0.6 is 0 Å². The molecule has 0 aliphatic heterocycles. The molecule has 2 aromatic rings. The largest absolute Gasteiger partial charge is 0.347 e. The van der Waals surface area contributed by atoms with Gasteiger partial charge < -0.3 is 4.57 Å². The van der Waals surface area contributed by atoms with Crippen molar-refractivity contribution in [1.82, 2.24) is 4.57 Å². The van der Waals surface area contributed by atoms with Crippen LogP contribution in [0.2, 0.25) is 0 Å². The molecule has 0 N–H and O–H groups in total. The van der Waals surface area contributed by atoms with Crippen molar-refractivity contribution < 1.29 is 0 Å². The Hall–Kier alpha value is -1.75. The van der Waals surface area contributed by atoms with Crippen molar-refractivity contribution in [1.29, 1.82) is 5.26 Å². The van der Waals surface area contributed by atoms with Gasteiger partial charge >= 0.3 is 0 Å². The fraction of sp³-hybridized carbons (Fsp3) is 0.400. The summed E-state index contributed by atoms with van der Waals surface area (Å²) in [5.74, 6) is 0. The molecule has 0 saturated carbocycles. The zero-order valence-electron chi connectivity index (χ0n) is 10.7. The van der Waals surface area contributed by atoms with E-state index in [2.05, 4.69) is 49.7 Å². The third-order valence-corrected chi connectivity index (χ3v) is 3.59. The average Bonchev–Trinajstić information content (AvgIpc) is 2.60. The zero-order valence-corrected chi connectivity index (χ0v) is 10.7. The van der Waals surface area contributed by atoms with Crippen molar-refractivity contribution in [2.75, 3.05) is 0 Å². The van der Waals surface area contributed by atoms with Gasteiger partial charge in [0.1, 0.15) is 0 Å². The number of hydrogen-bond acceptors (Lipinski definition) is 1. The summed E-state index contributed by atoms with van der Waals surface area (Å²) >= 11 is 0. The predicted octanol–water partition coefficient (Wildman–Crippen LogP) is 3.51. The summed E-state index contributed by atoms with van der Waals surface area (Å²) in [7, 11) is 2.12. The first-order chi connectivity index (χ1) is 8.20. The Morgan fingerprint density at radius 1 is 1.35 bits per heavy atom. The lowest BCUT2D eigenvalue weighted by Crippen LogP contribution is -1.94. The molecule has 0 bridgehead atoms. The number of fused-ring (bicyclic) bond motifs is 1. The van der Waals surface area contributed by atoms with E-state index in [0.29, 0.717) is 6.42 Å². The van der Waals surface area contributed by atoms with Crippen molar-refractivity contribution in [3.05, 3.63) is 35.0 Å². The fourth-order valence-electron chi connectivity index (χ4n) is 2.58. The van der Waals surface area contributed by atoms with E-state index in [1.807, 2.05) is 0 Å². The van der Waals surface area contributed by atoms with Gasteiger partial charge in [0.15, 0.2) is 0 Å². The van der Waals surface area contributed by atoms with Crippen LogP contribution in [0.15, 0.2) is 18.2 Å². The van der Waals surface area contributed by atoms with Crippen LogP contribution in [0.4, 0.5) is 0 Å². The van der Waals surface area contributed by atoms with Crippen LogP contribution in [0, 0.1) is 18.3 Å². The molecule has 0 aliphatic rings. The SMILES string of the molecule is CCc1cccc2c(CCC#N)c(C)n(C)c12. The molecule has 0 aliphatic carbocycles. The first kappa shape index (κ1) is 11.7. The minimum Gasteiger partial charge on any atom is -0.347 e. The number of nitrogens with zero attached hydrogens (tertiary/aromatic N) is 2. The molecule has 17 heavy (non-hydrogen) atoms. The number of aromatic nitrogens is 1. The lowest BCUT2D eigenvalue weighted by molar-refractivity contribution is 0.882. The van der Waals surface area contributed by atoms with E-state index in [9.17, 15) is 0 Å². The summed E-state index contributed by atoms with van der Waals surface area (Å²) in [6, 6.07) is 8.72. The summed E-state index contributed by atoms with van der Waals surface area (Å²) in [5, 5.41) is 10.1. The first-order valence-corrected chi connectivity index (χ1v) is 6.13. The second-order valence-electron chi connectivity index (χ2n) is 4.45. The van der Waals surface area contributed by atoms with Gasteiger partial charge in [-0.1, -0.05) is 25.1 Å². The van der Waals surface area contributed by atoms with Gasteiger partial charge in [0.2, 0.25) is 0 Å². The Kier molecular flexibility index (Phi) is 3.19. The minimum atomic E-state index is 0.594. The molecule has 0 spiro atoms. The Morgan fingerprint density at radius 3 is 2.76 bits per heavy atom. The van der Waals surface area contributed by atoms with Gasteiger partial charge in [0.05, 0.1) is 11.6 Å². The molecule has 0 unspecified atom stereocenters. The molecule has 0 saturated heterocycles. The van der Waals surface area contributed by atoms with Crippen molar-refractivity contribution in [3.63, 3.8) is 0 Å². The second kappa shape index (κ2) is 4.63. The number of rotatable bonds is 3. The van der Waals surface area contributed by atoms with Crippen LogP contribution in [-0.4, -0.2) is 4.57 Å². The molecule has 2 rings (SSSR count). The maximum Gasteiger partial charge on any atom is 0.0625 e. The number of para-hydroxylation sites is 1. The fourth-order valence-corrected chi connectivity index (χ4v) is 2.58. The van der Waals surface area contributed by atoms with Crippen LogP contribution in [0.25, 0.3) is 10.9 Å². The van der Waals surface area contributed by atoms with Gasteiger partial charge in [-0.05, 0) is 30.9 Å². The van der Waals surface area contributed by atoms with Gasteiger partial charge in [-0.3, -0.25) is 0 Å². The molecule has 2 nitrogen and oxygen atoms in total. The minimum absolute atomic E-state index is 0.594.